The lowest BCUT2D eigenvalue weighted by atomic mass is 9.80. The first-order valence-corrected chi connectivity index (χ1v) is 7.63. The van der Waals surface area contributed by atoms with Gasteiger partial charge in [0, 0.05) is 7.05 Å². The lowest BCUT2D eigenvalue weighted by molar-refractivity contribution is -0.147. The van der Waals surface area contributed by atoms with Gasteiger partial charge in [0.1, 0.15) is 12.6 Å². The van der Waals surface area contributed by atoms with Gasteiger partial charge in [-0.15, -0.1) is 0 Å². The Labute approximate surface area is 131 Å². The minimum Gasteiger partial charge on any atom is -0.467 e. The van der Waals surface area contributed by atoms with Gasteiger partial charge in [0.25, 0.3) is 0 Å². The smallest absolute Gasteiger partial charge is 0.410 e. The van der Waals surface area contributed by atoms with E-state index in [0.717, 1.165) is 18.4 Å². The van der Waals surface area contributed by atoms with Gasteiger partial charge < -0.3 is 9.47 Å². The molecule has 22 heavy (non-hydrogen) atoms. The van der Waals surface area contributed by atoms with Crippen LogP contribution in [0.2, 0.25) is 0 Å². The van der Waals surface area contributed by atoms with E-state index in [-0.39, 0.29) is 12.6 Å². The Morgan fingerprint density at radius 3 is 2.50 bits per heavy atom. The van der Waals surface area contributed by atoms with Gasteiger partial charge in [-0.2, -0.15) is 0 Å². The maximum Gasteiger partial charge on any atom is 0.410 e. The van der Waals surface area contributed by atoms with Gasteiger partial charge in [-0.05, 0) is 17.9 Å². The number of ether oxygens (including phenoxy) is 2. The second kappa shape index (κ2) is 7.82. The molecule has 1 aromatic carbocycles. The summed E-state index contributed by atoms with van der Waals surface area (Å²) < 4.78 is 10.1. The second-order valence-electron chi connectivity index (χ2n) is 5.72. The van der Waals surface area contributed by atoms with Crippen LogP contribution in [-0.2, 0) is 20.9 Å². The summed E-state index contributed by atoms with van der Waals surface area (Å²) >= 11 is 0. The van der Waals surface area contributed by atoms with Crippen molar-refractivity contribution in [3.63, 3.8) is 0 Å². The highest BCUT2D eigenvalue weighted by atomic mass is 16.6. The molecular weight excluding hydrogens is 282 g/mol. The van der Waals surface area contributed by atoms with Crippen LogP contribution < -0.4 is 0 Å². The average molecular weight is 305 g/mol. The minimum absolute atomic E-state index is 0.196. The van der Waals surface area contributed by atoms with Gasteiger partial charge in [0.15, 0.2) is 0 Å². The zero-order valence-electron chi connectivity index (χ0n) is 13.2. The van der Waals surface area contributed by atoms with E-state index in [1.54, 1.807) is 7.05 Å². The standard InChI is InChI=1S/C17H23NO4/c1-18(15(16(19)21-2)11-13-9-6-10-13)17(20)22-12-14-7-4-3-5-8-14/h3-5,7-8,13,15H,6,9-12H2,1-2H3/t15-/m0/s1. The highest BCUT2D eigenvalue weighted by Gasteiger charge is 2.33. The monoisotopic (exact) mass is 305 g/mol. The third kappa shape index (κ3) is 4.23. The molecule has 0 unspecified atom stereocenters. The summed E-state index contributed by atoms with van der Waals surface area (Å²) in [6, 6.07) is 8.89. The number of rotatable bonds is 6. The number of hydrogen-bond acceptors (Lipinski definition) is 4. The first kappa shape index (κ1) is 16.3. The Hall–Kier alpha value is -2.04. The number of nitrogens with zero attached hydrogens (tertiary/aromatic N) is 1. The molecule has 2 rings (SSSR count). The second-order valence-corrected chi connectivity index (χ2v) is 5.72. The van der Waals surface area contributed by atoms with Crippen molar-refractivity contribution in [1.82, 2.24) is 4.90 Å². The molecule has 0 heterocycles. The number of carbonyl (C=O) groups excluding carboxylic acids is 2. The van der Waals surface area contributed by atoms with Crippen molar-refractivity contribution >= 4 is 12.1 Å². The molecule has 0 saturated heterocycles. The van der Waals surface area contributed by atoms with Crippen LogP contribution in [0.4, 0.5) is 4.79 Å². The van der Waals surface area contributed by atoms with E-state index in [1.165, 1.54) is 18.4 Å². The number of carbonyl (C=O) groups is 2. The molecule has 1 saturated carbocycles. The Bertz CT molecular complexity index is 499. The lowest BCUT2D eigenvalue weighted by Crippen LogP contribution is -2.45. The van der Waals surface area contributed by atoms with Crippen LogP contribution >= 0.6 is 0 Å². The van der Waals surface area contributed by atoms with E-state index in [2.05, 4.69) is 0 Å². The molecule has 1 aliphatic rings. The number of benzene rings is 1. The molecule has 0 aliphatic heterocycles. The Kier molecular flexibility index (Phi) is 5.81. The minimum atomic E-state index is -0.571. The first-order valence-electron chi connectivity index (χ1n) is 7.63. The summed E-state index contributed by atoms with van der Waals surface area (Å²) in [5, 5.41) is 0. The third-order valence-corrected chi connectivity index (χ3v) is 4.22. The summed E-state index contributed by atoms with van der Waals surface area (Å²) in [7, 11) is 2.94. The molecule has 0 spiro atoms. The highest BCUT2D eigenvalue weighted by molar-refractivity contribution is 5.81. The van der Waals surface area contributed by atoms with Gasteiger partial charge in [0.05, 0.1) is 7.11 Å². The SMILES string of the molecule is COC(=O)[C@H](CC1CCC1)N(C)C(=O)OCc1ccccc1. The van der Waals surface area contributed by atoms with Gasteiger partial charge in [-0.3, -0.25) is 4.90 Å². The van der Waals surface area contributed by atoms with Crippen LogP contribution in [0.15, 0.2) is 30.3 Å². The summed E-state index contributed by atoms with van der Waals surface area (Å²) in [4.78, 5) is 25.5. The molecule has 0 radical (unpaired) electrons. The van der Waals surface area contributed by atoms with Gasteiger partial charge in [-0.25, -0.2) is 9.59 Å². The van der Waals surface area contributed by atoms with Gasteiger partial charge in [-0.1, -0.05) is 49.6 Å². The maximum atomic E-state index is 12.2. The number of esters is 1. The predicted octanol–water partition coefficient (Wildman–Crippen LogP) is 2.99. The third-order valence-electron chi connectivity index (χ3n) is 4.22. The van der Waals surface area contributed by atoms with E-state index < -0.39 is 12.1 Å². The number of likely N-dealkylation sites (N-methyl/N-ethyl adjacent to an activating group) is 1. The fraction of sp³-hybridized carbons (Fsp3) is 0.529. The first-order chi connectivity index (χ1) is 10.6. The molecule has 0 N–H and O–H groups in total. The zero-order valence-corrected chi connectivity index (χ0v) is 13.2. The van der Waals surface area contributed by atoms with E-state index in [1.807, 2.05) is 30.3 Å². The number of methoxy groups -OCH3 is 1. The summed E-state index contributed by atoms with van der Waals surface area (Å²) in [5.74, 6) is 0.111. The molecular formula is C17H23NO4. The predicted molar refractivity (Wildman–Crippen MR) is 82.2 cm³/mol. The van der Waals surface area contributed by atoms with Crippen LogP contribution in [0.1, 0.15) is 31.2 Å². The molecule has 1 atom stereocenters. The quantitative estimate of drug-likeness (QED) is 0.758. The summed E-state index contributed by atoms with van der Waals surface area (Å²) in [6.07, 6.45) is 3.56. The van der Waals surface area contributed by atoms with Gasteiger partial charge >= 0.3 is 12.1 Å². The van der Waals surface area contributed by atoms with Crippen molar-refractivity contribution in [2.75, 3.05) is 14.2 Å². The van der Waals surface area contributed by atoms with Crippen molar-refractivity contribution in [3.05, 3.63) is 35.9 Å². The van der Waals surface area contributed by atoms with Crippen LogP contribution in [0.5, 0.6) is 0 Å². The van der Waals surface area contributed by atoms with E-state index in [0.29, 0.717) is 12.3 Å². The maximum absolute atomic E-state index is 12.2. The lowest BCUT2D eigenvalue weighted by Gasteiger charge is -2.32. The Balaban J connectivity index is 1.91. The van der Waals surface area contributed by atoms with Crippen molar-refractivity contribution < 1.29 is 19.1 Å². The summed E-state index contributed by atoms with van der Waals surface area (Å²) in [5.41, 5.74) is 0.915. The molecule has 5 nitrogen and oxygen atoms in total. The molecule has 0 aromatic heterocycles. The fourth-order valence-electron chi connectivity index (χ4n) is 2.54. The number of amides is 1. The van der Waals surface area contributed by atoms with Crippen molar-refractivity contribution in [2.24, 2.45) is 5.92 Å². The van der Waals surface area contributed by atoms with Crippen LogP contribution in [0.25, 0.3) is 0 Å². The molecule has 5 heteroatoms. The highest BCUT2D eigenvalue weighted by Crippen LogP contribution is 2.31. The van der Waals surface area contributed by atoms with Crippen LogP contribution in [0, 0.1) is 5.92 Å². The number of hydrogen-bond donors (Lipinski definition) is 0. The molecule has 0 bridgehead atoms. The molecule has 120 valence electrons. The Morgan fingerprint density at radius 2 is 1.95 bits per heavy atom. The van der Waals surface area contributed by atoms with E-state index in [4.69, 9.17) is 9.47 Å². The van der Waals surface area contributed by atoms with Crippen molar-refractivity contribution in [2.45, 2.75) is 38.3 Å². The molecule has 1 aromatic rings. The van der Waals surface area contributed by atoms with Crippen molar-refractivity contribution in [1.29, 1.82) is 0 Å². The Morgan fingerprint density at radius 1 is 1.27 bits per heavy atom. The average Bonchev–Trinajstić information content (AvgIpc) is 2.51. The molecule has 1 fully saturated rings. The van der Waals surface area contributed by atoms with E-state index in [9.17, 15) is 9.59 Å². The van der Waals surface area contributed by atoms with Crippen LogP contribution in [-0.4, -0.2) is 37.2 Å². The summed E-state index contributed by atoms with van der Waals surface area (Å²) in [6.45, 7) is 0.196. The van der Waals surface area contributed by atoms with Gasteiger partial charge in [0.2, 0.25) is 0 Å². The fourth-order valence-corrected chi connectivity index (χ4v) is 2.54. The normalized spacial score (nSPS) is 15.5. The van der Waals surface area contributed by atoms with Crippen molar-refractivity contribution in [3.8, 4) is 0 Å². The molecule has 1 amide bonds. The van der Waals surface area contributed by atoms with Crippen LogP contribution in [0.3, 0.4) is 0 Å². The molecule has 1 aliphatic carbocycles. The van der Waals surface area contributed by atoms with E-state index >= 15 is 0 Å². The topological polar surface area (TPSA) is 55.8 Å². The largest absolute Gasteiger partial charge is 0.467 e. The zero-order chi connectivity index (χ0) is 15.9.